The number of hydrogen-bond donors (Lipinski definition) is 2. The van der Waals surface area contributed by atoms with Gasteiger partial charge in [0.2, 0.25) is 0 Å². The predicted octanol–water partition coefficient (Wildman–Crippen LogP) is 1.52. The molecule has 3 N–H and O–H groups in total. The predicted molar refractivity (Wildman–Crippen MR) is 56.0 cm³/mol. The Balaban J connectivity index is 2.33. The van der Waals surface area contributed by atoms with Crippen molar-refractivity contribution in [2.45, 2.75) is 17.5 Å². The van der Waals surface area contributed by atoms with Gasteiger partial charge in [-0.15, -0.1) is 0 Å². The zero-order chi connectivity index (χ0) is 10.1. The van der Waals surface area contributed by atoms with E-state index in [0.717, 1.165) is 11.5 Å². The maximum absolute atomic E-state index is 10.7. The number of benzene rings is 1. The van der Waals surface area contributed by atoms with Crippen LogP contribution in [0.3, 0.4) is 0 Å². The van der Waals surface area contributed by atoms with E-state index in [0.29, 0.717) is 5.56 Å². The van der Waals surface area contributed by atoms with Gasteiger partial charge in [0.1, 0.15) is 6.04 Å². The molecule has 0 aromatic heterocycles. The summed E-state index contributed by atoms with van der Waals surface area (Å²) < 4.78 is 0. The zero-order valence-corrected chi connectivity index (χ0v) is 8.38. The van der Waals surface area contributed by atoms with Crippen LogP contribution in [-0.4, -0.2) is 11.1 Å². The minimum absolute atomic E-state index is 0.693. The molecule has 1 unspecified atom stereocenters. The molecule has 0 aliphatic carbocycles. The number of aliphatic carboxylic acids is 1. The first kappa shape index (κ1) is 9.55. The lowest BCUT2D eigenvalue weighted by Gasteiger charge is -2.08. The maximum atomic E-state index is 10.7. The number of carboxylic acid groups (broad SMARTS) is 1. The second kappa shape index (κ2) is 3.63. The number of thioether (sulfide) groups is 1. The van der Waals surface area contributed by atoms with Gasteiger partial charge in [-0.05, 0) is 16.7 Å². The SMILES string of the molecule is NC(C(=O)O)c1ccc2c(c1)CSC2. The van der Waals surface area contributed by atoms with E-state index in [9.17, 15) is 4.79 Å². The Morgan fingerprint density at radius 1 is 1.43 bits per heavy atom. The zero-order valence-electron chi connectivity index (χ0n) is 7.56. The normalized spacial score (nSPS) is 16.4. The van der Waals surface area contributed by atoms with Crippen LogP contribution in [0.2, 0.25) is 0 Å². The van der Waals surface area contributed by atoms with Gasteiger partial charge in [-0.2, -0.15) is 11.8 Å². The molecular weight excluding hydrogens is 198 g/mol. The quantitative estimate of drug-likeness (QED) is 0.775. The highest BCUT2D eigenvalue weighted by Gasteiger charge is 2.17. The molecular formula is C10H11NO2S. The van der Waals surface area contributed by atoms with E-state index in [-0.39, 0.29) is 0 Å². The molecule has 0 bridgehead atoms. The molecule has 2 rings (SSSR count). The molecule has 0 radical (unpaired) electrons. The van der Waals surface area contributed by atoms with Gasteiger partial charge in [0.05, 0.1) is 0 Å². The number of fused-ring (bicyclic) bond motifs is 1. The van der Waals surface area contributed by atoms with Crippen LogP contribution in [0.25, 0.3) is 0 Å². The molecule has 0 spiro atoms. The Morgan fingerprint density at radius 3 is 2.86 bits per heavy atom. The third-order valence-electron chi connectivity index (χ3n) is 2.37. The van der Waals surface area contributed by atoms with E-state index in [4.69, 9.17) is 10.8 Å². The van der Waals surface area contributed by atoms with Gasteiger partial charge in [0.15, 0.2) is 0 Å². The van der Waals surface area contributed by atoms with Gasteiger partial charge < -0.3 is 10.8 Å². The van der Waals surface area contributed by atoms with Gasteiger partial charge in [-0.25, -0.2) is 0 Å². The molecule has 1 aromatic rings. The summed E-state index contributed by atoms with van der Waals surface area (Å²) in [6.45, 7) is 0. The topological polar surface area (TPSA) is 63.3 Å². The van der Waals surface area contributed by atoms with E-state index in [2.05, 4.69) is 0 Å². The highest BCUT2D eigenvalue weighted by atomic mass is 32.2. The summed E-state index contributed by atoms with van der Waals surface area (Å²) in [5.41, 5.74) is 8.75. The molecule has 1 aliphatic heterocycles. The molecule has 3 nitrogen and oxygen atoms in total. The van der Waals surface area contributed by atoms with Crippen LogP contribution in [0.1, 0.15) is 22.7 Å². The van der Waals surface area contributed by atoms with Crippen molar-refractivity contribution in [1.82, 2.24) is 0 Å². The van der Waals surface area contributed by atoms with Crippen molar-refractivity contribution in [3.05, 3.63) is 34.9 Å². The monoisotopic (exact) mass is 209 g/mol. The fourth-order valence-corrected chi connectivity index (χ4v) is 2.62. The molecule has 1 aromatic carbocycles. The van der Waals surface area contributed by atoms with Crippen molar-refractivity contribution >= 4 is 17.7 Å². The lowest BCUT2D eigenvalue weighted by atomic mass is 10.0. The Hall–Kier alpha value is -1.00. The first-order valence-electron chi connectivity index (χ1n) is 4.36. The van der Waals surface area contributed by atoms with Crippen molar-refractivity contribution in [3.63, 3.8) is 0 Å². The summed E-state index contributed by atoms with van der Waals surface area (Å²) >= 11 is 1.84. The minimum atomic E-state index is -0.976. The number of rotatable bonds is 2. The largest absolute Gasteiger partial charge is 0.480 e. The van der Waals surface area contributed by atoms with Gasteiger partial charge >= 0.3 is 5.97 Å². The third-order valence-corrected chi connectivity index (χ3v) is 3.40. The molecule has 4 heteroatoms. The first-order chi connectivity index (χ1) is 6.68. The van der Waals surface area contributed by atoms with Gasteiger partial charge in [-0.3, -0.25) is 4.79 Å². The Morgan fingerprint density at radius 2 is 2.14 bits per heavy atom. The fraction of sp³-hybridized carbons (Fsp3) is 0.300. The Kier molecular flexibility index (Phi) is 2.48. The highest BCUT2D eigenvalue weighted by molar-refractivity contribution is 7.98. The summed E-state index contributed by atoms with van der Waals surface area (Å²) in [7, 11) is 0. The fourth-order valence-electron chi connectivity index (χ4n) is 1.53. The molecule has 1 atom stereocenters. The lowest BCUT2D eigenvalue weighted by molar-refractivity contribution is -0.138. The standard InChI is InChI=1S/C10H11NO2S/c11-9(10(12)13)6-1-2-7-4-14-5-8(7)3-6/h1-3,9H,4-5,11H2,(H,12,13). The van der Waals surface area contributed by atoms with Crippen LogP contribution in [-0.2, 0) is 16.3 Å². The second-order valence-corrected chi connectivity index (χ2v) is 4.32. The van der Waals surface area contributed by atoms with E-state index in [1.165, 1.54) is 11.1 Å². The number of nitrogens with two attached hydrogens (primary N) is 1. The third kappa shape index (κ3) is 1.63. The second-order valence-electron chi connectivity index (χ2n) is 3.34. The van der Waals surface area contributed by atoms with Crippen molar-refractivity contribution in [2.75, 3.05) is 0 Å². The van der Waals surface area contributed by atoms with Crippen molar-refractivity contribution < 1.29 is 9.90 Å². The molecule has 1 aliphatic rings. The lowest BCUT2D eigenvalue weighted by Crippen LogP contribution is -2.20. The van der Waals surface area contributed by atoms with Crippen molar-refractivity contribution in [2.24, 2.45) is 5.73 Å². The average molecular weight is 209 g/mol. The molecule has 0 fully saturated rings. The van der Waals surface area contributed by atoms with Gasteiger partial charge in [0, 0.05) is 11.5 Å². The summed E-state index contributed by atoms with van der Waals surface area (Å²) in [6.07, 6.45) is 0. The van der Waals surface area contributed by atoms with E-state index in [1.807, 2.05) is 30.0 Å². The molecule has 1 heterocycles. The van der Waals surface area contributed by atoms with E-state index < -0.39 is 12.0 Å². The summed E-state index contributed by atoms with van der Waals surface area (Å²) in [6, 6.07) is 4.80. The van der Waals surface area contributed by atoms with Crippen LogP contribution in [0.4, 0.5) is 0 Å². The summed E-state index contributed by atoms with van der Waals surface area (Å²) in [5.74, 6) is 1.02. The van der Waals surface area contributed by atoms with E-state index in [1.54, 1.807) is 0 Å². The number of carboxylic acids is 1. The van der Waals surface area contributed by atoms with Crippen molar-refractivity contribution in [3.8, 4) is 0 Å². The van der Waals surface area contributed by atoms with Crippen molar-refractivity contribution in [1.29, 1.82) is 0 Å². The molecule has 0 amide bonds. The van der Waals surface area contributed by atoms with Crippen LogP contribution < -0.4 is 5.73 Å². The molecule has 14 heavy (non-hydrogen) atoms. The van der Waals surface area contributed by atoms with Crippen LogP contribution in [0, 0.1) is 0 Å². The minimum Gasteiger partial charge on any atom is -0.480 e. The van der Waals surface area contributed by atoms with Crippen LogP contribution in [0.15, 0.2) is 18.2 Å². The highest BCUT2D eigenvalue weighted by Crippen LogP contribution is 2.31. The van der Waals surface area contributed by atoms with Crippen LogP contribution in [0.5, 0.6) is 0 Å². The average Bonchev–Trinajstić information content (AvgIpc) is 2.62. The van der Waals surface area contributed by atoms with E-state index >= 15 is 0 Å². The summed E-state index contributed by atoms with van der Waals surface area (Å²) in [4.78, 5) is 10.7. The Bertz CT molecular complexity index is 378. The summed E-state index contributed by atoms with van der Waals surface area (Å²) in [5, 5.41) is 8.75. The number of hydrogen-bond acceptors (Lipinski definition) is 3. The molecule has 0 saturated heterocycles. The molecule has 74 valence electrons. The molecule has 0 saturated carbocycles. The maximum Gasteiger partial charge on any atom is 0.325 e. The Labute approximate surface area is 86.3 Å². The first-order valence-corrected chi connectivity index (χ1v) is 5.52. The van der Waals surface area contributed by atoms with Gasteiger partial charge in [-0.1, -0.05) is 18.2 Å². The van der Waals surface area contributed by atoms with Crippen LogP contribution >= 0.6 is 11.8 Å². The smallest absolute Gasteiger partial charge is 0.325 e. The van der Waals surface area contributed by atoms with Gasteiger partial charge in [0.25, 0.3) is 0 Å². The number of carbonyl (C=O) groups is 1.